The predicted molar refractivity (Wildman–Crippen MR) is 138 cm³/mol. The van der Waals surface area contributed by atoms with E-state index in [4.69, 9.17) is 14.5 Å². The van der Waals surface area contributed by atoms with Crippen molar-refractivity contribution in [3.63, 3.8) is 0 Å². The summed E-state index contributed by atoms with van der Waals surface area (Å²) in [5, 5.41) is 15.2. The molecule has 3 atom stereocenters. The molecule has 2 bridgehead atoms. The lowest BCUT2D eigenvalue weighted by Crippen LogP contribution is -2.58. The Morgan fingerprint density at radius 2 is 2.08 bits per heavy atom. The van der Waals surface area contributed by atoms with Gasteiger partial charge in [0.1, 0.15) is 11.9 Å². The maximum Gasteiger partial charge on any atom is 0.338 e. The molecule has 9 nitrogen and oxygen atoms in total. The number of methoxy groups -OCH3 is 1. The Morgan fingerprint density at radius 1 is 1.32 bits per heavy atom. The van der Waals surface area contributed by atoms with Crippen molar-refractivity contribution in [3.8, 4) is 0 Å². The number of nitrogens with one attached hydrogen (secondary N) is 1. The summed E-state index contributed by atoms with van der Waals surface area (Å²) in [6.45, 7) is 1.38. The van der Waals surface area contributed by atoms with Gasteiger partial charge in [-0.05, 0) is 36.5 Å². The van der Waals surface area contributed by atoms with E-state index < -0.39 is 23.8 Å². The summed E-state index contributed by atoms with van der Waals surface area (Å²) in [6, 6.07) is 3.58. The summed E-state index contributed by atoms with van der Waals surface area (Å²) in [5.41, 5.74) is 1.59. The first-order valence-electron chi connectivity index (χ1n) is 11.9. The maximum absolute atomic E-state index is 13.9. The summed E-state index contributed by atoms with van der Waals surface area (Å²) < 4.78 is 25.4. The number of aromatic nitrogens is 1. The molecule has 3 unspecified atom stereocenters. The van der Waals surface area contributed by atoms with Gasteiger partial charge in [0.2, 0.25) is 0 Å². The second-order valence-corrected chi connectivity index (χ2v) is 11.1. The Balaban J connectivity index is 1.55. The van der Waals surface area contributed by atoms with Crippen LogP contribution in [0.4, 0.5) is 4.39 Å². The fourth-order valence-electron chi connectivity index (χ4n) is 5.42. The third-order valence-corrected chi connectivity index (χ3v) is 8.46. The van der Waals surface area contributed by atoms with E-state index in [0.29, 0.717) is 64.7 Å². The van der Waals surface area contributed by atoms with Gasteiger partial charge in [-0.25, -0.2) is 14.2 Å². The number of rotatable bonds is 7. The molecule has 3 aliphatic heterocycles. The minimum Gasteiger partial charge on any atom is -0.481 e. The normalized spacial score (nSPS) is 25.9. The zero-order chi connectivity index (χ0) is 26.1. The van der Waals surface area contributed by atoms with Crippen molar-refractivity contribution in [2.24, 2.45) is 10.9 Å². The van der Waals surface area contributed by atoms with Crippen LogP contribution in [0.5, 0.6) is 0 Å². The molecular weight excluding hydrogens is 567 g/mol. The van der Waals surface area contributed by atoms with Crippen LogP contribution in [0.2, 0.25) is 0 Å². The summed E-state index contributed by atoms with van der Waals surface area (Å²) in [5.74, 6) is -1.14. The van der Waals surface area contributed by atoms with E-state index in [9.17, 15) is 19.1 Å². The number of esters is 1. The Labute approximate surface area is 225 Å². The molecular formula is C25H26BrFN4O5S. The van der Waals surface area contributed by atoms with Crippen molar-refractivity contribution in [2.45, 2.75) is 37.4 Å². The number of thiazole rings is 1. The number of aliphatic carboxylic acids is 1. The van der Waals surface area contributed by atoms with E-state index in [1.807, 2.05) is 5.38 Å². The van der Waals surface area contributed by atoms with E-state index >= 15 is 0 Å². The number of aliphatic imine (C=N–C) groups is 1. The molecule has 0 saturated carbocycles. The highest BCUT2D eigenvalue weighted by atomic mass is 79.9. The number of nitrogens with zero attached hydrogens (tertiary/aromatic N) is 3. The van der Waals surface area contributed by atoms with E-state index in [1.54, 1.807) is 12.3 Å². The second-order valence-electron chi connectivity index (χ2n) is 9.34. The molecule has 0 spiro atoms. The number of carboxylic acid groups (broad SMARTS) is 1. The zero-order valence-corrected chi connectivity index (χ0v) is 22.4. The number of hydrogen-bond acceptors (Lipinski definition) is 9. The number of ether oxygens (including phenoxy) is 2. The van der Waals surface area contributed by atoms with Crippen molar-refractivity contribution in [1.29, 1.82) is 0 Å². The van der Waals surface area contributed by atoms with E-state index in [2.05, 4.69) is 31.1 Å². The molecule has 2 N–H and O–H groups in total. The highest BCUT2D eigenvalue weighted by Gasteiger charge is 2.42. The average Bonchev–Trinajstić information content (AvgIpc) is 3.38. The molecule has 5 rings (SSSR count). The Bertz CT molecular complexity index is 1240. The number of carbonyl (C=O) groups excluding carboxylic acids is 1. The number of benzene rings is 1. The fraction of sp³-hybridized carbons (Fsp3) is 0.440. The quantitative estimate of drug-likeness (QED) is 0.470. The lowest BCUT2D eigenvalue weighted by Gasteiger charge is -2.49. The average molecular weight is 593 g/mol. The lowest BCUT2D eigenvalue weighted by molar-refractivity contribution is -0.141. The second kappa shape index (κ2) is 11.0. The van der Waals surface area contributed by atoms with Gasteiger partial charge in [0.05, 0.1) is 25.9 Å². The third kappa shape index (κ3) is 5.47. The Morgan fingerprint density at radius 3 is 2.70 bits per heavy atom. The highest BCUT2D eigenvalue weighted by Crippen LogP contribution is 2.39. The van der Waals surface area contributed by atoms with Crippen molar-refractivity contribution in [2.75, 3.05) is 26.9 Å². The van der Waals surface area contributed by atoms with Gasteiger partial charge >= 0.3 is 11.9 Å². The fourth-order valence-corrected chi connectivity index (χ4v) is 6.58. The monoisotopic (exact) mass is 592 g/mol. The molecule has 0 aliphatic carbocycles. The van der Waals surface area contributed by atoms with E-state index in [0.717, 1.165) is 0 Å². The molecule has 12 heteroatoms. The Kier molecular flexibility index (Phi) is 7.70. The zero-order valence-electron chi connectivity index (χ0n) is 20.0. The van der Waals surface area contributed by atoms with Crippen molar-refractivity contribution >= 4 is 45.0 Å². The number of amidine groups is 1. The molecule has 3 aliphatic rings. The lowest BCUT2D eigenvalue weighted by atomic mass is 9.82. The number of carboxylic acids is 1. The van der Waals surface area contributed by atoms with Crippen LogP contribution in [-0.2, 0) is 19.1 Å². The molecule has 2 saturated heterocycles. The number of hydrogen-bond donors (Lipinski definition) is 2. The summed E-state index contributed by atoms with van der Waals surface area (Å²) in [4.78, 5) is 36.1. The molecule has 37 heavy (non-hydrogen) atoms. The standard InChI is InChI=1S/C25H26BrFN4O5S/c1-35-25(34)21-19(10-31-15-6-13(8-20(32)33)7-16(31)12-36-11-15)29-23(24-28-4-5-37-24)30-22(21)17-3-2-14(27)9-18(17)26/h2-5,9,13,15-16,22H,6-8,10-12H2,1H3,(H,29,30)(H,32,33). The highest BCUT2D eigenvalue weighted by molar-refractivity contribution is 9.10. The number of piperidine rings is 1. The molecule has 4 heterocycles. The van der Waals surface area contributed by atoms with Crippen LogP contribution in [0.1, 0.15) is 35.9 Å². The number of fused-ring (bicyclic) bond motifs is 2. The smallest absolute Gasteiger partial charge is 0.338 e. The van der Waals surface area contributed by atoms with Crippen molar-refractivity contribution in [3.05, 3.63) is 61.9 Å². The van der Waals surface area contributed by atoms with Gasteiger partial charge in [0.25, 0.3) is 0 Å². The van der Waals surface area contributed by atoms with Gasteiger partial charge in [-0.2, -0.15) is 0 Å². The van der Waals surface area contributed by atoms with Gasteiger partial charge in [0, 0.05) is 46.8 Å². The van der Waals surface area contributed by atoms with Crippen LogP contribution < -0.4 is 5.32 Å². The van der Waals surface area contributed by atoms with E-state index in [-0.39, 0.29) is 24.4 Å². The van der Waals surface area contributed by atoms with Crippen LogP contribution in [0.25, 0.3) is 0 Å². The number of halogens is 2. The first kappa shape index (κ1) is 26.0. The van der Waals surface area contributed by atoms with Crippen LogP contribution >= 0.6 is 27.3 Å². The molecule has 1 aromatic heterocycles. The summed E-state index contributed by atoms with van der Waals surface area (Å²) >= 11 is 4.86. The predicted octanol–water partition coefficient (Wildman–Crippen LogP) is 3.52. The molecule has 1 aromatic carbocycles. The van der Waals surface area contributed by atoms with Gasteiger partial charge in [-0.3, -0.25) is 14.7 Å². The minimum atomic E-state index is -0.793. The Hall–Kier alpha value is -2.67. The van der Waals surface area contributed by atoms with Gasteiger partial charge < -0.3 is 19.9 Å². The van der Waals surface area contributed by atoms with Crippen LogP contribution in [0, 0.1) is 11.7 Å². The van der Waals surface area contributed by atoms with Gasteiger partial charge in [-0.1, -0.05) is 22.0 Å². The first-order valence-corrected chi connectivity index (χ1v) is 13.6. The van der Waals surface area contributed by atoms with Gasteiger partial charge in [0.15, 0.2) is 10.8 Å². The number of morpholine rings is 1. The largest absolute Gasteiger partial charge is 0.481 e. The van der Waals surface area contributed by atoms with Crippen LogP contribution in [0.3, 0.4) is 0 Å². The third-order valence-electron chi connectivity index (χ3n) is 7.00. The van der Waals surface area contributed by atoms with Crippen LogP contribution in [0.15, 0.2) is 50.5 Å². The summed E-state index contributed by atoms with van der Waals surface area (Å²) in [6.07, 6.45) is 3.21. The van der Waals surface area contributed by atoms with Crippen LogP contribution in [-0.4, -0.2) is 71.7 Å². The molecule has 2 fully saturated rings. The number of carbonyl (C=O) groups is 2. The van der Waals surface area contributed by atoms with Crippen molar-refractivity contribution < 1.29 is 28.6 Å². The maximum atomic E-state index is 13.9. The molecule has 2 aromatic rings. The summed E-state index contributed by atoms with van der Waals surface area (Å²) in [7, 11) is 1.32. The molecule has 196 valence electrons. The van der Waals surface area contributed by atoms with Gasteiger partial charge in [-0.15, -0.1) is 11.3 Å². The van der Waals surface area contributed by atoms with E-state index in [1.165, 1.54) is 30.6 Å². The van der Waals surface area contributed by atoms with Crippen molar-refractivity contribution in [1.82, 2.24) is 15.2 Å². The molecule has 0 amide bonds. The minimum absolute atomic E-state index is 0.0169. The topological polar surface area (TPSA) is 113 Å². The molecule has 0 radical (unpaired) electrons. The first-order chi connectivity index (χ1) is 17.8. The SMILES string of the molecule is COC(=O)C1=C(CN2C3COCC2CC(CC(=O)O)C3)NC(c2nccs2)=NC1c1ccc(F)cc1Br.